The van der Waals surface area contributed by atoms with Gasteiger partial charge in [0.25, 0.3) is 0 Å². The molecule has 0 spiro atoms. The van der Waals surface area contributed by atoms with E-state index in [0.717, 1.165) is 25.7 Å². The Hall–Kier alpha value is -1.23. The number of carbonyl (C=O) groups excluding carboxylic acids is 1. The third kappa shape index (κ3) is 12.8. The summed E-state index contributed by atoms with van der Waals surface area (Å²) in [6.45, 7) is 4.05. The highest BCUT2D eigenvalue weighted by Gasteiger charge is 1.92. The zero-order chi connectivity index (χ0) is 12.1. The van der Waals surface area contributed by atoms with Gasteiger partial charge in [0.1, 0.15) is 0 Å². The number of ether oxygens (including phenoxy) is 1. The van der Waals surface area contributed by atoms with E-state index in [1.807, 2.05) is 13.0 Å². The largest absolute Gasteiger partial charge is 0.466 e. The van der Waals surface area contributed by atoms with E-state index in [9.17, 15) is 4.79 Å². The van der Waals surface area contributed by atoms with Gasteiger partial charge in [-0.15, -0.1) is 0 Å². The van der Waals surface area contributed by atoms with Crippen molar-refractivity contribution in [3.05, 3.63) is 12.2 Å². The van der Waals surface area contributed by atoms with E-state index in [-0.39, 0.29) is 5.97 Å². The molecule has 90 valence electrons. The van der Waals surface area contributed by atoms with Gasteiger partial charge in [-0.25, -0.2) is 0 Å². The van der Waals surface area contributed by atoms with Crippen molar-refractivity contribution in [2.45, 2.75) is 52.4 Å². The first-order chi connectivity index (χ1) is 7.77. The number of hydrogen-bond acceptors (Lipinski definition) is 2. The van der Waals surface area contributed by atoms with Crippen molar-refractivity contribution in [2.75, 3.05) is 6.61 Å². The lowest BCUT2D eigenvalue weighted by Crippen LogP contribution is -1.99. The van der Waals surface area contributed by atoms with Gasteiger partial charge < -0.3 is 4.74 Å². The summed E-state index contributed by atoms with van der Waals surface area (Å²) >= 11 is 0. The Morgan fingerprint density at radius 1 is 1.25 bits per heavy atom. The molecule has 0 fully saturated rings. The molecule has 0 radical (unpaired) electrons. The van der Waals surface area contributed by atoms with Crippen LogP contribution in [0.3, 0.4) is 0 Å². The van der Waals surface area contributed by atoms with Gasteiger partial charge in [0, 0.05) is 13.3 Å². The monoisotopic (exact) mass is 222 g/mol. The fourth-order valence-corrected chi connectivity index (χ4v) is 1.24. The SMILES string of the molecule is CCC#C/C=C\CCCCCCOC(C)=O. The van der Waals surface area contributed by atoms with Crippen LogP contribution in [0, 0.1) is 11.8 Å². The van der Waals surface area contributed by atoms with Crippen molar-refractivity contribution >= 4 is 5.97 Å². The van der Waals surface area contributed by atoms with Gasteiger partial charge in [-0.2, -0.15) is 0 Å². The maximum Gasteiger partial charge on any atom is 0.302 e. The average Bonchev–Trinajstić information content (AvgIpc) is 2.25. The van der Waals surface area contributed by atoms with Crippen molar-refractivity contribution in [1.82, 2.24) is 0 Å². The Kier molecular flexibility index (Phi) is 10.9. The quantitative estimate of drug-likeness (QED) is 0.374. The van der Waals surface area contributed by atoms with Crippen LogP contribution in [0.2, 0.25) is 0 Å². The lowest BCUT2D eigenvalue weighted by atomic mass is 10.1. The molecule has 2 heteroatoms. The molecule has 0 aromatic rings. The summed E-state index contributed by atoms with van der Waals surface area (Å²) in [6, 6.07) is 0. The Morgan fingerprint density at radius 2 is 2.00 bits per heavy atom. The number of unbranched alkanes of at least 4 members (excludes halogenated alkanes) is 4. The maximum absolute atomic E-state index is 10.5. The van der Waals surface area contributed by atoms with Crippen LogP contribution in [0.25, 0.3) is 0 Å². The van der Waals surface area contributed by atoms with E-state index >= 15 is 0 Å². The Balaban J connectivity index is 3.15. The summed E-state index contributed by atoms with van der Waals surface area (Å²) in [5.41, 5.74) is 0. The predicted octanol–water partition coefficient (Wildman–Crippen LogP) is 3.47. The number of allylic oxidation sites excluding steroid dienone is 2. The zero-order valence-electron chi connectivity index (χ0n) is 10.4. The molecule has 0 aromatic heterocycles. The first kappa shape index (κ1) is 14.8. The van der Waals surface area contributed by atoms with E-state index in [1.54, 1.807) is 0 Å². The second-order valence-corrected chi connectivity index (χ2v) is 3.62. The lowest BCUT2D eigenvalue weighted by molar-refractivity contribution is -0.141. The van der Waals surface area contributed by atoms with Crippen LogP contribution in [-0.2, 0) is 9.53 Å². The van der Waals surface area contributed by atoms with Gasteiger partial charge in [0.15, 0.2) is 0 Å². The molecule has 0 aromatic carbocycles. The minimum atomic E-state index is -0.183. The fraction of sp³-hybridized carbons (Fsp3) is 0.643. The molecular weight excluding hydrogens is 200 g/mol. The summed E-state index contributed by atoms with van der Waals surface area (Å²) in [5.74, 6) is 5.78. The van der Waals surface area contributed by atoms with Crippen LogP contribution < -0.4 is 0 Å². The maximum atomic E-state index is 10.5. The molecule has 0 saturated carbocycles. The lowest BCUT2D eigenvalue weighted by Gasteiger charge is -2.00. The Morgan fingerprint density at radius 3 is 2.69 bits per heavy atom. The van der Waals surface area contributed by atoms with Crippen LogP contribution in [0.1, 0.15) is 52.4 Å². The van der Waals surface area contributed by atoms with Crippen LogP contribution in [0.4, 0.5) is 0 Å². The minimum absolute atomic E-state index is 0.183. The number of esters is 1. The summed E-state index contributed by atoms with van der Waals surface area (Å²) < 4.78 is 4.84. The van der Waals surface area contributed by atoms with Crippen LogP contribution >= 0.6 is 0 Å². The molecule has 0 unspecified atom stereocenters. The molecule has 0 N–H and O–H groups in total. The summed E-state index contributed by atoms with van der Waals surface area (Å²) in [4.78, 5) is 10.5. The third-order valence-corrected chi connectivity index (χ3v) is 2.05. The highest BCUT2D eigenvalue weighted by Crippen LogP contribution is 2.03. The number of rotatable bonds is 7. The molecule has 0 saturated heterocycles. The molecule has 0 atom stereocenters. The van der Waals surface area contributed by atoms with Gasteiger partial charge in [-0.1, -0.05) is 37.7 Å². The van der Waals surface area contributed by atoms with Crippen LogP contribution in [-0.4, -0.2) is 12.6 Å². The third-order valence-electron chi connectivity index (χ3n) is 2.05. The van der Waals surface area contributed by atoms with E-state index in [4.69, 9.17) is 4.74 Å². The van der Waals surface area contributed by atoms with E-state index < -0.39 is 0 Å². The van der Waals surface area contributed by atoms with Crippen molar-refractivity contribution in [3.63, 3.8) is 0 Å². The van der Waals surface area contributed by atoms with Crippen LogP contribution in [0.15, 0.2) is 12.2 Å². The first-order valence-electron chi connectivity index (χ1n) is 6.04. The first-order valence-corrected chi connectivity index (χ1v) is 6.04. The highest BCUT2D eigenvalue weighted by molar-refractivity contribution is 5.65. The van der Waals surface area contributed by atoms with E-state index in [1.165, 1.54) is 19.8 Å². The van der Waals surface area contributed by atoms with Gasteiger partial charge in [-0.3, -0.25) is 4.79 Å². The highest BCUT2D eigenvalue weighted by atomic mass is 16.5. The van der Waals surface area contributed by atoms with E-state index in [2.05, 4.69) is 17.9 Å². The molecule has 2 nitrogen and oxygen atoms in total. The normalized spacial score (nSPS) is 9.88. The summed E-state index contributed by atoms with van der Waals surface area (Å²) in [5, 5.41) is 0. The number of hydrogen-bond donors (Lipinski definition) is 0. The molecular formula is C14H22O2. The van der Waals surface area contributed by atoms with Gasteiger partial charge >= 0.3 is 5.97 Å². The standard InChI is InChI=1S/C14H22O2/c1-3-4-5-6-7-8-9-10-11-12-13-16-14(2)15/h6-7H,3,8-13H2,1-2H3/b7-6-. The van der Waals surface area contributed by atoms with Crippen LogP contribution in [0.5, 0.6) is 0 Å². The molecule has 0 aliphatic rings. The fourth-order valence-electron chi connectivity index (χ4n) is 1.24. The van der Waals surface area contributed by atoms with Crippen molar-refractivity contribution in [2.24, 2.45) is 0 Å². The molecule has 0 heterocycles. The number of carbonyl (C=O) groups is 1. The summed E-state index contributed by atoms with van der Waals surface area (Å²) in [6.07, 6.45) is 10.5. The molecule has 0 rings (SSSR count). The van der Waals surface area contributed by atoms with E-state index in [0.29, 0.717) is 6.61 Å². The topological polar surface area (TPSA) is 26.3 Å². The molecule has 0 aliphatic heterocycles. The van der Waals surface area contributed by atoms with Gasteiger partial charge in [0.2, 0.25) is 0 Å². The molecule has 0 bridgehead atoms. The minimum Gasteiger partial charge on any atom is -0.466 e. The Labute approximate surface area is 99.1 Å². The molecule has 16 heavy (non-hydrogen) atoms. The smallest absolute Gasteiger partial charge is 0.302 e. The van der Waals surface area contributed by atoms with Crippen molar-refractivity contribution in [3.8, 4) is 11.8 Å². The zero-order valence-corrected chi connectivity index (χ0v) is 10.4. The van der Waals surface area contributed by atoms with Crippen molar-refractivity contribution < 1.29 is 9.53 Å². The molecule has 0 aliphatic carbocycles. The Bertz CT molecular complexity index is 256. The molecule has 0 amide bonds. The van der Waals surface area contributed by atoms with Gasteiger partial charge in [-0.05, 0) is 25.3 Å². The van der Waals surface area contributed by atoms with Gasteiger partial charge in [0.05, 0.1) is 6.61 Å². The average molecular weight is 222 g/mol. The van der Waals surface area contributed by atoms with Crippen molar-refractivity contribution in [1.29, 1.82) is 0 Å². The second kappa shape index (κ2) is 11.8. The predicted molar refractivity (Wildman–Crippen MR) is 66.9 cm³/mol. The second-order valence-electron chi connectivity index (χ2n) is 3.62. The summed E-state index contributed by atoms with van der Waals surface area (Å²) in [7, 11) is 0.